The Balaban J connectivity index is 1.65. The van der Waals surface area contributed by atoms with Gasteiger partial charge in [-0.1, -0.05) is 55.4 Å². The van der Waals surface area contributed by atoms with Crippen LogP contribution in [0.1, 0.15) is 107 Å². The molecule has 2 saturated heterocycles. The Morgan fingerprint density at radius 1 is 0.553 bits per heavy atom. The van der Waals surface area contributed by atoms with Gasteiger partial charge in [0.05, 0.1) is 25.0 Å². The molecule has 6 heteroatoms. The summed E-state index contributed by atoms with van der Waals surface area (Å²) in [4.78, 5) is 30.7. The van der Waals surface area contributed by atoms with Crippen molar-refractivity contribution in [3.05, 3.63) is 0 Å². The van der Waals surface area contributed by atoms with Crippen molar-refractivity contribution < 1.29 is 19.1 Å². The van der Waals surface area contributed by atoms with Crippen molar-refractivity contribution in [2.24, 2.45) is 35.5 Å². The molecule has 0 bridgehead atoms. The summed E-state index contributed by atoms with van der Waals surface area (Å²) in [5.41, 5.74) is 0. The van der Waals surface area contributed by atoms with Gasteiger partial charge >= 0.3 is 11.9 Å². The standard InChI is InChI=1S/C32H60N2O4/c1-21(2)27-17-25(18-28(22(3)4)33(27)9)31(35)37-15-13-11-12-14-16-38-32(36)26-19-29(23(5)6)34(10)30(20-26)24(7)8/h21-30H,11-20H2,1-10H3. The minimum Gasteiger partial charge on any atom is -0.465 e. The lowest BCUT2D eigenvalue weighted by Gasteiger charge is -2.46. The number of ether oxygens (including phenoxy) is 2. The molecular weight excluding hydrogens is 476 g/mol. The van der Waals surface area contributed by atoms with Gasteiger partial charge in [0.1, 0.15) is 0 Å². The predicted molar refractivity (Wildman–Crippen MR) is 156 cm³/mol. The maximum Gasteiger partial charge on any atom is 0.309 e. The van der Waals surface area contributed by atoms with Crippen LogP contribution in [0, 0.1) is 35.5 Å². The predicted octanol–water partition coefficient (Wildman–Crippen LogP) is 6.42. The average Bonchev–Trinajstić information content (AvgIpc) is 2.84. The van der Waals surface area contributed by atoms with E-state index in [4.69, 9.17) is 9.47 Å². The van der Waals surface area contributed by atoms with Crippen LogP contribution in [0.5, 0.6) is 0 Å². The molecule has 0 saturated carbocycles. The summed E-state index contributed by atoms with van der Waals surface area (Å²) in [6.45, 7) is 19.0. The van der Waals surface area contributed by atoms with Crippen LogP contribution < -0.4 is 0 Å². The first-order chi connectivity index (χ1) is 17.8. The largest absolute Gasteiger partial charge is 0.465 e. The van der Waals surface area contributed by atoms with Crippen LogP contribution in [-0.2, 0) is 19.1 Å². The van der Waals surface area contributed by atoms with Gasteiger partial charge in [-0.25, -0.2) is 0 Å². The first kappa shape index (κ1) is 33.1. The first-order valence-corrected chi connectivity index (χ1v) is 15.6. The molecular formula is C32H60N2O4. The van der Waals surface area contributed by atoms with Gasteiger partial charge in [-0.3, -0.25) is 19.4 Å². The summed E-state index contributed by atoms with van der Waals surface area (Å²) in [5.74, 6) is 2.10. The third-order valence-corrected chi connectivity index (χ3v) is 9.47. The lowest BCUT2D eigenvalue weighted by Crippen LogP contribution is -2.52. The van der Waals surface area contributed by atoms with Gasteiger partial charge in [0.2, 0.25) is 0 Å². The third-order valence-electron chi connectivity index (χ3n) is 9.47. The minimum absolute atomic E-state index is 0.00979. The third kappa shape index (κ3) is 9.21. The van der Waals surface area contributed by atoms with Crippen molar-refractivity contribution in [1.29, 1.82) is 0 Å². The van der Waals surface area contributed by atoms with Gasteiger partial charge in [0.15, 0.2) is 0 Å². The van der Waals surface area contributed by atoms with E-state index in [2.05, 4.69) is 79.3 Å². The van der Waals surface area contributed by atoms with Gasteiger partial charge < -0.3 is 9.47 Å². The smallest absolute Gasteiger partial charge is 0.309 e. The molecule has 0 aromatic heterocycles. The van der Waals surface area contributed by atoms with E-state index in [9.17, 15) is 9.59 Å². The van der Waals surface area contributed by atoms with Crippen molar-refractivity contribution in [2.75, 3.05) is 27.3 Å². The number of carbonyl (C=O) groups excluding carboxylic acids is 2. The number of unbranched alkanes of at least 4 members (excludes halogenated alkanes) is 3. The zero-order valence-corrected chi connectivity index (χ0v) is 26.4. The van der Waals surface area contributed by atoms with Crippen LogP contribution in [0.3, 0.4) is 0 Å². The monoisotopic (exact) mass is 536 g/mol. The second-order valence-corrected chi connectivity index (χ2v) is 13.7. The average molecular weight is 537 g/mol. The molecule has 222 valence electrons. The maximum atomic E-state index is 12.9. The van der Waals surface area contributed by atoms with Gasteiger partial charge in [-0.2, -0.15) is 0 Å². The Bertz CT molecular complexity index is 626. The fourth-order valence-electron chi connectivity index (χ4n) is 7.01. The van der Waals surface area contributed by atoms with Crippen LogP contribution >= 0.6 is 0 Å². The lowest BCUT2D eigenvalue weighted by atomic mass is 9.79. The molecule has 2 rings (SSSR count). The van der Waals surface area contributed by atoms with Crippen molar-refractivity contribution >= 4 is 11.9 Å². The zero-order chi connectivity index (χ0) is 28.6. The molecule has 2 aliphatic rings. The number of nitrogens with zero attached hydrogens (tertiary/aromatic N) is 2. The van der Waals surface area contributed by atoms with Crippen molar-refractivity contribution in [1.82, 2.24) is 9.80 Å². The van der Waals surface area contributed by atoms with Gasteiger partial charge in [0.25, 0.3) is 0 Å². The molecule has 0 radical (unpaired) electrons. The normalized spacial score (nSPS) is 29.4. The molecule has 0 aliphatic carbocycles. The first-order valence-electron chi connectivity index (χ1n) is 15.6. The molecule has 38 heavy (non-hydrogen) atoms. The van der Waals surface area contributed by atoms with E-state index in [0.29, 0.717) is 61.1 Å². The summed E-state index contributed by atoms with van der Waals surface area (Å²) in [5, 5.41) is 0. The van der Waals surface area contributed by atoms with Crippen molar-refractivity contribution in [2.45, 2.75) is 131 Å². The SMILES string of the molecule is CC(C)C1CC(C(=O)OCCCCCCOC(=O)C2CC(C(C)C)N(C)C(C(C)C)C2)CC(C(C)C)N1C. The molecule has 0 amide bonds. The fraction of sp³-hybridized carbons (Fsp3) is 0.938. The number of likely N-dealkylation sites (tertiary alicyclic amines) is 2. The Morgan fingerprint density at radius 2 is 0.816 bits per heavy atom. The maximum absolute atomic E-state index is 12.9. The number of piperidine rings is 2. The highest BCUT2D eigenvalue weighted by Gasteiger charge is 2.40. The quantitative estimate of drug-likeness (QED) is 0.200. The fourth-order valence-corrected chi connectivity index (χ4v) is 7.01. The topological polar surface area (TPSA) is 59.1 Å². The van der Waals surface area contributed by atoms with Gasteiger partial charge in [-0.05, 0) is 89.1 Å². The van der Waals surface area contributed by atoms with E-state index in [-0.39, 0.29) is 23.8 Å². The highest BCUT2D eigenvalue weighted by Crippen LogP contribution is 2.35. The summed E-state index contributed by atoms with van der Waals surface area (Å²) in [6.07, 6.45) is 7.30. The second kappa shape index (κ2) is 15.6. The highest BCUT2D eigenvalue weighted by molar-refractivity contribution is 5.73. The van der Waals surface area contributed by atoms with E-state index < -0.39 is 0 Å². The molecule has 4 unspecified atom stereocenters. The van der Waals surface area contributed by atoms with Gasteiger partial charge in [0, 0.05) is 24.2 Å². The zero-order valence-electron chi connectivity index (χ0n) is 26.4. The van der Waals surface area contributed by atoms with Crippen LogP contribution in [0.2, 0.25) is 0 Å². The molecule has 2 fully saturated rings. The summed E-state index contributed by atoms with van der Waals surface area (Å²) >= 11 is 0. The highest BCUT2D eigenvalue weighted by atomic mass is 16.5. The van der Waals surface area contributed by atoms with Crippen LogP contribution in [0.4, 0.5) is 0 Å². The molecule has 2 heterocycles. The Hall–Kier alpha value is -1.14. The number of hydrogen-bond acceptors (Lipinski definition) is 6. The number of rotatable bonds is 13. The molecule has 2 aliphatic heterocycles. The molecule has 4 atom stereocenters. The molecule has 0 aromatic carbocycles. The Kier molecular flexibility index (Phi) is 13.6. The molecule has 0 aromatic rings. The van der Waals surface area contributed by atoms with Gasteiger partial charge in [-0.15, -0.1) is 0 Å². The molecule has 0 spiro atoms. The van der Waals surface area contributed by atoms with Crippen molar-refractivity contribution in [3.8, 4) is 0 Å². The lowest BCUT2D eigenvalue weighted by molar-refractivity contribution is -0.154. The Labute approximate surface area is 234 Å². The second-order valence-electron chi connectivity index (χ2n) is 13.7. The summed E-state index contributed by atoms with van der Waals surface area (Å²) in [6, 6.07) is 1.72. The number of carbonyl (C=O) groups is 2. The van der Waals surface area contributed by atoms with E-state index >= 15 is 0 Å². The van der Waals surface area contributed by atoms with Crippen LogP contribution in [0.15, 0.2) is 0 Å². The summed E-state index contributed by atoms with van der Waals surface area (Å²) < 4.78 is 11.4. The number of hydrogen-bond donors (Lipinski definition) is 0. The van der Waals surface area contributed by atoms with Crippen LogP contribution in [0.25, 0.3) is 0 Å². The molecule has 0 N–H and O–H groups in total. The van der Waals surface area contributed by atoms with E-state index in [1.807, 2.05) is 0 Å². The van der Waals surface area contributed by atoms with Crippen LogP contribution in [-0.4, -0.2) is 73.2 Å². The van der Waals surface area contributed by atoms with E-state index in [1.165, 1.54) is 0 Å². The summed E-state index contributed by atoms with van der Waals surface area (Å²) in [7, 11) is 4.43. The van der Waals surface area contributed by atoms with E-state index in [1.54, 1.807) is 0 Å². The minimum atomic E-state index is -0.0131. The number of esters is 2. The van der Waals surface area contributed by atoms with E-state index in [0.717, 1.165) is 51.4 Å². The molecule has 6 nitrogen and oxygen atoms in total. The Morgan fingerprint density at radius 3 is 1.05 bits per heavy atom. The van der Waals surface area contributed by atoms with Crippen molar-refractivity contribution in [3.63, 3.8) is 0 Å².